The Morgan fingerprint density at radius 3 is 1.72 bits per heavy atom. The SMILES string of the molecule is O=C(Oc1cc(O)c2c(c1)OC(c1ccc(OC(=O)c3cc(O)c(O)c(O)c3)c(O)c1)C(O)C2)c1cc(O)c(O)c(O)c1. The van der Waals surface area contributed by atoms with Crippen LogP contribution in [0.25, 0.3) is 0 Å². The molecule has 5 rings (SSSR count). The molecule has 0 spiro atoms. The predicted octanol–water partition coefficient (Wildman–Crippen LogP) is 2.81. The van der Waals surface area contributed by atoms with Gasteiger partial charge in [-0.25, -0.2) is 9.59 Å². The van der Waals surface area contributed by atoms with E-state index in [-0.39, 0.29) is 51.7 Å². The third kappa shape index (κ3) is 5.49. The van der Waals surface area contributed by atoms with E-state index in [1.54, 1.807) is 0 Å². The van der Waals surface area contributed by atoms with Gasteiger partial charge in [0.25, 0.3) is 0 Å². The fourth-order valence-corrected chi connectivity index (χ4v) is 4.36. The molecule has 1 heterocycles. The van der Waals surface area contributed by atoms with Gasteiger partial charge in [-0.1, -0.05) is 6.07 Å². The van der Waals surface area contributed by atoms with Gasteiger partial charge in [-0.2, -0.15) is 0 Å². The summed E-state index contributed by atoms with van der Waals surface area (Å²) in [6, 6.07) is 9.51. The number of ether oxygens (including phenoxy) is 3. The molecule has 0 saturated heterocycles. The Morgan fingerprint density at radius 2 is 1.19 bits per heavy atom. The van der Waals surface area contributed by atoms with Crippen LogP contribution in [0, 0.1) is 0 Å². The fourth-order valence-electron chi connectivity index (χ4n) is 4.36. The molecule has 222 valence electrons. The van der Waals surface area contributed by atoms with Crippen LogP contribution in [-0.4, -0.2) is 64.0 Å². The molecule has 0 fully saturated rings. The lowest BCUT2D eigenvalue weighted by atomic mass is 9.94. The summed E-state index contributed by atoms with van der Waals surface area (Å²) in [5, 5.41) is 89.2. The number of carbonyl (C=O) groups is 2. The first-order valence-electron chi connectivity index (χ1n) is 12.3. The minimum absolute atomic E-state index is 0.0245. The van der Waals surface area contributed by atoms with Gasteiger partial charge in [0.15, 0.2) is 46.0 Å². The first kappa shape index (κ1) is 28.5. The van der Waals surface area contributed by atoms with Crippen molar-refractivity contribution in [3.05, 3.63) is 76.9 Å². The summed E-state index contributed by atoms with van der Waals surface area (Å²) >= 11 is 0. The van der Waals surface area contributed by atoms with Crippen LogP contribution in [0.3, 0.4) is 0 Å². The smallest absolute Gasteiger partial charge is 0.343 e. The maximum Gasteiger partial charge on any atom is 0.343 e. The topological polar surface area (TPSA) is 244 Å². The van der Waals surface area contributed by atoms with Gasteiger partial charge >= 0.3 is 11.9 Å². The largest absolute Gasteiger partial charge is 0.507 e. The summed E-state index contributed by atoms with van der Waals surface area (Å²) in [5.41, 5.74) is -0.213. The second kappa shape index (κ2) is 10.8. The average Bonchev–Trinajstić information content (AvgIpc) is 2.95. The van der Waals surface area contributed by atoms with Gasteiger partial charge in [0.05, 0.1) is 17.2 Å². The number of phenolic OH excluding ortho intramolecular Hbond substituents is 8. The number of carbonyl (C=O) groups excluding carboxylic acids is 2. The molecule has 9 N–H and O–H groups in total. The molecule has 0 bridgehead atoms. The number of hydrogen-bond donors (Lipinski definition) is 9. The van der Waals surface area contributed by atoms with Crippen LogP contribution in [0.5, 0.6) is 63.2 Å². The van der Waals surface area contributed by atoms with Crippen LogP contribution in [0.1, 0.15) is 37.9 Å². The van der Waals surface area contributed by atoms with E-state index in [1.807, 2.05) is 0 Å². The number of aromatic hydroxyl groups is 8. The molecule has 0 aliphatic carbocycles. The zero-order valence-electron chi connectivity index (χ0n) is 21.6. The second-order valence-electron chi connectivity index (χ2n) is 9.46. The summed E-state index contributed by atoms with van der Waals surface area (Å²) in [6.45, 7) is 0. The van der Waals surface area contributed by atoms with Crippen molar-refractivity contribution in [2.24, 2.45) is 0 Å². The number of aliphatic hydroxyl groups is 1. The van der Waals surface area contributed by atoms with E-state index in [0.717, 1.165) is 36.4 Å². The highest BCUT2D eigenvalue weighted by molar-refractivity contribution is 5.93. The quantitative estimate of drug-likeness (QED) is 0.0916. The third-order valence-corrected chi connectivity index (χ3v) is 6.51. The van der Waals surface area contributed by atoms with E-state index < -0.39 is 64.4 Å². The number of hydrogen-bond acceptors (Lipinski definition) is 14. The van der Waals surface area contributed by atoms with Gasteiger partial charge in [-0.05, 0) is 42.0 Å². The van der Waals surface area contributed by atoms with Gasteiger partial charge in [0.2, 0.25) is 0 Å². The fraction of sp³-hybridized carbons (Fsp3) is 0.103. The molecular weight excluding hydrogens is 572 g/mol. The maximum atomic E-state index is 12.5. The molecule has 2 unspecified atom stereocenters. The van der Waals surface area contributed by atoms with E-state index in [1.165, 1.54) is 18.2 Å². The Labute approximate surface area is 240 Å². The first-order chi connectivity index (χ1) is 20.3. The number of benzene rings is 4. The standard InChI is InChI=1S/C29H22O14/c30-16-8-14(41-28(39)12-4-18(32)25(37)19(33)5-12)9-24-15(16)10-22(36)27(42-24)11-1-2-23(17(31)3-11)43-29(40)13-6-20(34)26(38)21(35)7-13/h1-9,22,27,30-38H,10H2. The lowest BCUT2D eigenvalue weighted by molar-refractivity contribution is 0.0196. The molecule has 0 saturated carbocycles. The Hall–Kier alpha value is -6.02. The van der Waals surface area contributed by atoms with Gasteiger partial charge in [0, 0.05) is 24.1 Å². The van der Waals surface area contributed by atoms with E-state index in [9.17, 15) is 55.5 Å². The van der Waals surface area contributed by atoms with Gasteiger partial charge in [-0.15, -0.1) is 0 Å². The molecule has 0 aromatic heterocycles. The van der Waals surface area contributed by atoms with Crippen molar-refractivity contribution in [2.75, 3.05) is 0 Å². The van der Waals surface area contributed by atoms with Crippen LogP contribution >= 0.6 is 0 Å². The van der Waals surface area contributed by atoms with E-state index in [0.29, 0.717) is 0 Å². The van der Waals surface area contributed by atoms with Crippen LogP contribution in [0.4, 0.5) is 0 Å². The summed E-state index contributed by atoms with van der Waals surface area (Å²) in [5.74, 6) is -8.22. The third-order valence-electron chi connectivity index (χ3n) is 6.51. The van der Waals surface area contributed by atoms with E-state index in [2.05, 4.69) is 0 Å². The summed E-state index contributed by atoms with van der Waals surface area (Å²) in [6.07, 6.45) is -2.43. The Balaban J connectivity index is 1.35. The summed E-state index contributed by atoms with van der Waals surface area (Å²) in [7, 11) is 0. The van der Waals surface area contributed by atoms with Crippen molar-refractivity contribution in [1.29, 1.82) is 0 Å². The Bertz CT molecular complexity index is 1730. The minimum atomic E-state index is -1.22. The summed E-state index contributed by atoms with van der Waals surface area (Å²) in [4.78, 5) is 25.0. The number of fused-ring (bicyclic) bond motifs is 1. The molecule has 0 radical (unpaired) electrons. The number of phenols is 8. The minimum Gasteiger partial charge on any atom is -0.507 e. The normalized spacial score (nSPS) is 15.7. The number of aliphatic hydroxyl groups excluding tert-OH is 1. The number of rotatable bonds is 5. The van der Waals surface area contributed by atoms with Gasteiger partial charge < -0.3 is 60.2 Å². The van der Waals surface area contributed by atoms with Crippen molar-refractivity contribution < 1.29 is 69.8 Å². The highest BCUT2D eigenvalue weighted by atomic mass is 16.5. The van der Waals surface area contributed by atoms with Crippen molar-refractivity contribution >= 4 is 11.9 Å². The van der Waals surface area contributed by atoms with Gasteiger partial charge in [0.1, 0.15) is 23.4 Å². The maximum absolute atomic E-state index is 12.5. The second-order valence-corrected chi connectivity index (χ2v) is 9.46. The van der Waals surface area contributed by atoms with Crippen LogP contribution in [0.2, 0.25) is 0 Å². The molecule has 2 atom stereocenters. The molecule has 0 amide bonds. The highest BCUT2D eigenvalue weighted by Gasteiger charge is 2.33. The zero-order chi connectivity index (χ0) is 31.2. The Morgan fingerprint density at radius 1 is 0.651 bits per heavy atom. The zero-order valence-corrected chi connectivity index (χ0v) is 21.6. The lowest BCUT2D eigenvalue weighted by Crippen LogP contribution is -2.30. The van der Waals surface area contributed by atoms with Gasteiger partial charge in [-0.3, -0.25) is 0 Å². The molecular formula is C29H22O14. The molecule has 1 aliphatic rings. The van der Waals surface area contributed by atoms with Crippen LogP contribution in [0.15, 0.2) is 54.6 Å². The first-order valence-corrected chi connectivity index (χ1v) is 12.3. The van der Waals surface area contributed by atoms with Crippen LogP contribution < -0.4 is 14.2 Å². The Kier molecular flexibility index (Phi) is 7.13. The average molecular weight is 594 g/mol. The molecule has 4 aromatic rings. The van der Waals surface area contributed by atoms with Crippen molar-refractivity contribution in [1.82, 2.24) is 0 Å². The summed E-state index contributed by atoms with van der Waals surface area (Å²) < 4.78 is 16.2. The van der Waals surface area contributed by atoms with Crippen molar-refractivity contribution in [3.8, 4) is 63.2 Å². The highest BCUT2D eigenvalue weighted by Crippen LogP contribution is 2.44. The van der Waals surface area contributed by atoms with Crippen molar-refractivity contribution in [3.63, 3.8) is 0 Å². The van der Waals surface area contributed by atoms with Crippen molar-refractivity contribution in [2.45, 2.75) is 18.6 Å². The monoisotopic (exact) mass is 594 g/mol. The molecule has 4 aromatic carbocycles. The van der Waals surface area contributed by atoms with E-state index >= 15 is 0 Å². The van der Waals surface area contributed by atoms with E-state index in [4.69, 9.17) is 14.2 Å². The molecule has 14 heteroatoms. The lowest BCUT2D eigenvalue weighted by Gasteiger charge is -2.31. The number of esters is 2. The molecule has 14 nitrogen and oxygen atoms in total. The predicted molar refractivity (Wildman–Crippen MR) is 142 cm³/mol. The van der Waals surface area contributed by atoms with Crippen LogP contribution in [-0.2, 0) is 6.42 Å². The molecule has 1 aliphatic heterocycles. The molecule has 43 heavy (non-hydrogen) atoms.